The highest BCUT2D eigenvalue weighted by atomic mass is 32.2. The molecule has 3 rings (SSSR count). The van der Waals surface area contributed by atoms with Crippen LogP contribution in [-0.4, -0.2) is 33.1 Å². The normalized spacial score (nSPS) is 12.4. The number of fused-ring (bicyclic) bond motifs is 1. The van der Waals surface area contributed by atoms with E-state index in [1.165, 1.54) is 18.0 Å². The van der Waals surface area contributed by atoms with E-state index in [4.69, 9.17) is 10.2 Å². The van der Waals surface area contributed by atoms with Crippen molar-refractivity contribution in [3.63, 3.8) is 0 Å². The van der Waals surface area contributed by atoms with Crippen molar-refractivity contribution >= 4 is 35.8 Å². The maximum atomic E-state index is 10.8. The number of nitrogens with zero attached hydrogens (tertiary/aromatic N) is 3. The SMILES string of the molecule is Cc1ccc(C(=O)O)cc1N=NSC(C)(C)C.O=C(O)c1ccc2c(c1)CN=C2. The molecule has 0 atom stereocenters. The van der Waals surface area contributed by atoms with Gasteiger partial charge in [0.2, 0.25) is 0 Å². The van der Waals surface area contributed by atoms with E-state index in [1.807, 2.05) is 27.7 Å². The minimum absolute atomic E-state index is 0.00180. The molecular formula is C21H23N3O4S. The summed E-state index contributed by atoms with van der Waals surface area (Å²) in [5.41, 5.74) is 4.09. The molecule has 0 aromatic heterocycles. The molecule has 2 N–H and O–H groups in total. The van der Waals surface area contributed by atoms with Crippen LogP contribution >= 0.6 is 11.9 Å². The molecule has 1 heterocycles. The third kappa shape index (κ3) is 6.83. The standard InChI is InChI=1S/C12H16N2O2S.C9H7NO2/c1-8-5-6-9(11(15)16)7-10(8)13-14-17-12(2,3)4;11-9(12)6-1-2-7-4-10-5-8(7)3-6/h5-7H,1-4H3,(H,15,16);1-4H,5H2,(H,11,12). The molecule has 7 nitrogen and oxygen atoms in total. The van der Waals surface area contributed by atoms with E-state index in [2.05, 4.69) is 14.6 Å². The highest BCUT2D eigenvalue weighted by molar-refractivity contribution is 7.99. The van der Waals surface area contributed by atoms with Crippen LogP contribution in [0.2, 0.25) is 0 Å². The number of carbonyl (C=O) groups is 2. The van der Waals surface area contributed by atoms with Crippen molar-refractivity contribution in [1.82, 2.24) is 0 Å². The number of hydrogen-bond donors (Lipinski definition) is 2. The maximum Gasteiger partial charge on any atom is 0.335 e. The second-order valence-electron chi connectivity index (χ2n) is 7.38. The van der Waals surface area contributed by atoms with Gasteiger partial charge in [-0.2, -0.15) is 0 Å². The molecular weight excluding hydrogens is 390 g/mol. The van der Waals surface area contributed by atoms with Crippen LogP contribution in [0.4, 0.5) is 5.69 Å². The Balaban J connectivity index is 0.000000218. The highest BCUT2D eigenvalue weighted by Gasteiger charge is 2.11. The average molecular weight is 413 g/mol. The number of benzene rings is 2. The first kappa shape index (κ1) is 22.3. The van der Waals surface area contributed by atoms with E-state index in [-0.39, 0.29) is 10.3 Å². The summed E-state index contributed by atoms with van der Waals surface area (Å²) in [7, 11) is 0. The molecule has 0 fully saturated rings. The van der Waals surface area contributed by atoms with Crippen LogP contribution in [0.3, 0.4) is 0 Å². The molecule has 2 aromatic carbocycles. The minimum Gasteiger partial charge on any atom is -0.478 e. The number of aromatic carboxylic acids is 2. The number of carboxylic acids is 2. The molecule has 1 aliphatic heterocycles. The fourth-order valence-electron chi connectivity index (χ4n) is 2.28. The van der Waals surface area contributed by atoms with Gasteiger partial charge in [0, 0.05) is 22.9 Å². The molecule has 0 radical (unpaired) electrons. The Bertz CT molecular complexity index is 978. The smallest absolute Gasteiger partial charge is 0.335 e. The van der Waals surface area contributed by atoms with E-state index in [0.29, 0.717) is 17.8 Å². The number of aryl methyl sites for hydroxylation is 1. The van der Waals surface area contributed by atoms with Crippen LogP contribution in [0.15, 0.2) is 51.0 Å². The second-order valence-corrected chi connectivity index (χ2v) is 8.95. The fourth-order valence-corrected chi connectivity index (χ4v) is 2.65. The molecule has 8 heteroatoms. The largest absolute Gasteiger partial charge is 0.478 e. The predicted molar refractivity (Wildman–Crippen MR) is 115 cm³/mol. The van der Waals surface area contributed by atoms with Gasteiger partial charge in [-0.1, -0.05) is 12.1 Å². The summed E-state index contributed by atoms with van der Waals surface area (Å²) in [6.45, 7) is 8.60. The molecule has 1 aliphatic rings. The number of carboxylic acid groups (broad SMARTS) is 2. The summed E-state index contributed by atoms with van der Waals surface area (Å²) in [5, 5.41) is 21.6. The highest BCUT2D eigenvalue weighted by Crippen LogP contribution is 2.28. The van der Waals surface area contributed by atoms with Gasteiger partial charge in [-0.15, -0.1) is 9.63 Å². The molecule has 0 saturated carbocycles. The first-order chi connectivity index (χ1) is 13.6. The van der Waals surface area contributed by atoms with Crippen molar-refractivity contribution in [3.05, 3.63) is 64.2 Å². The zero-order chi connectivity index (χ0) is 21.6. The minimum atomic E-state index is -0.954. The van der Waals surface area contributed by atoms with Crippen molar-refractivity contribution in [2.75, 3.05) is 0 Å². The first-order valence-electron chi connectivity index (χ1n) is 8.86. The molecule has 2 aromatic rings. The van der Waals surface area contributed by atoms with Crippen LogP contribution < -0.4 is 0 Å². The van der Waals surface area contributed by atoms with E-state index in [1.54, 1.807) is 36.5 Å². The van der Waals surface area contributed by atoms with E-state index >= 15 is 0 Å². The van der Waals surface area contributed by atoms with Gasteiger partial charge < -0.3 is 10.2 Å². The van der Waals surface area contributed by atoms with Gasteiger partial charge in [0.15, 0.2) is 0 Å². The van der Waals surface area contributed by atoms with Crippen molar-refractivity contribution in [3.8, 4) is 0 Å². The lowest BCUT2D eigenvalue weighted by Gasteiger charge is -2.11. The topological polar surface area (TPSA) is 112 Å². The van der Waals surface area contributed by atoms with Crippen LogP contribution in [0, 0.1) is 6.92 Å². The fraction of sp³-hybridized carbons (Fsp3) is 0.286. The lowest BCUT2D eigenvalue weighted by molar-refractivity contribution is 0.0686. The molecule has 0 saturated heterocycles. The van der Waals surface area contributed by atoms with Crippen molar-refractivity contribution in [2.45, 2.75) is 39.0 Å². The number of rotatable bonds is 4. The van der Waals surface area contributed by atoms with Gasteiger partial charge in [-0.25, -0.2) is 9.59 Å². The summed E-state index contributed by atoms with van der Waals surface area (Å²) in [6, 6.07) is 9.88. The Kier molecular flexibility index (Phi) is 7.28. The van der Waals surface area contributed by atoms with Gasteiger partial charge >= 0.3 is 11.9 Å². The predicted octanol–water partition coefficient (Wildman–Crippen LogP) is 5.54. The Morgan fingerprint density at radius 1 is 1.03 bits per heavy atom. The lowest BCUT2D eigenvalue weighted by atomic mass is 10.1. The van der Waals surface area contributed by atoms with Gasteiger partial charge in [0.25, 0.3) is 0 Å². The van der Waals surface area contributed by atoms with Crippen molar-refractivity contribution in [1.29, 1.82) is 0 Å². The van der Waals surface area contributed by atoms with Gasteiger partial charge in [0.1, 0.15) is 0 Å². The quantitative estimate of drug-likeness (QED) is 0.505. The Morgan fingerprint density at radius 2 is 1.66 bits per heavy atom. The van der Waals surface area contributed by atoms with Gasteiger partial charge in [-0.05, 0) is 68.7 Å². The monoisotopic (exact) mass is 413 g/mol. The second kappa shape index (κ2) is 9.47. The third-order valence-electron chi connectivity index (χ3n) is 3.80. The molecule has 0 aliphatic carbocycles. The molecule has 29 heavy (non-hydrogen) atoms. The Hall–Kier alpha value is -3.00. The van der Waals surface area contributed by atoms with Crippen molar-refractivity contribution < 1.29 is 19.8 Å². The average Bonchev–Trinajstić information content (AvgIpc) is 3.10. The molecule has 0 amide bonds. The van der Waals surface area contributed by atoms with E-state index in [0.717, 1.165) is 16.7 Å². The van der Waals surface area contributed by atoms with Crippen LogP contribution in [-0.2, 0) is 6.54 Å². The maximum absolute atomic E-state index is 10.8. The lowest BCUT2D eigenvalue weighted by Crippen LogP contribution is -2.04. The Labute approximate surface area is 173 Å². The summed E-state index contributed by atoms with van der Waals surface area (Å²) < 4.78 is 4.02. The third-order valence-corrected chi connectivity index (χ3v) is 4.51. The van der Waals surface area contributed by atoms with E-state index in [9.17, 15) is 9.59 Å². The molecule has 152 valence electrons. The number of aliphatic imine (C=N–C) groups is 1. The summed E-state index contributed by atoms with van der Waals surface area (Å²) in [5.74, 6) is -1.84. The van der Waals surface area contributed by atoms with Gasteiger partial charge in [0.05, 0.1) is 23.4 Å². The molecule has 0 spiro atoms. The summed E-state index contributed by atoms with van der Waals surface area (Å²) >= 11 is 1.36. The van der Waals surface area contributed by atoms with E-state index < -0.39 is 11.9 Å². The molecule has 0 bridgehead atoms. The Morgan fingerprint density at radius 3 is 2.28 bits per heavy atom. The summed E-state index contributed by atoms with van der Waals surface area (Å²) in [4.78, 5) is 25.4. The van der Waals surface area contributed by atoms with Crippen LogP contribution in [0.5, 0.6) is 0 Å². The number of hydrogen-bond acceptors (Lipinski definition) is 6. The zero-order valence-electron chi connectivity index (χ0n) is 16.7. The van der Waals surface area contributed by atoms with Crippen molar-refractivity contribution in [2.24, 2.45) is 14.6 Å². The van der Waals surface area contributed by atoms with Crippen LogP contribution in [0.25, 0.3) is 0 Å². The van der Waals surface area contributed by atoms with Gasteiger partial charge in [-0.3, -0.25) is 4.99 Å². The summed E-state index contributed by atoms with van der Waals surface area (Å²) in [6.07, 6.45) is 1.76. The first-order valence-corrected chi connectivity index (χ1v) is 9.63. The van der Waals surface area contributed by atoms with Crippen LogP contribution in [0.1, 0.15) is 58.2 Å². The zero-order valence-corrected chi connectivity index (χ0v) is 17.5. The molecule has 0 unspecified atom stereocenters.